The van der Waals surface area contributed by atoms with Crippen LogP contribution in [0.25, 0.3) is 11.0 Å². The van der Waals surface area contributed by atoms with Crippen molar-refractivity contribution in [1.82, 2.24) is 9.55 Å². The average Bonchev–Trinajstić information content (AvgIpc) is 2.82. The number of imidazole rings is 1. The van der Waals surface area contributed by atoms with E-state index in [4.69, 9.17) is 12.2 Å². The summed E-state index contributed by atoms with van der Waals surface area (Å²) in [6, 6.07) is 3.90. The molecule has 0 amide bonds. The molecule has 1 fully saturated rings. The number of rotatable bonds is 1. The van der Waals surface area contributed by atoms with E-state index in [0.29, 0.717) is 22.3 Å². The average molecular weight is 236 g/mol. The third-order valence-electron chi connectivity index (χ3n) is 3.40. The van der Waals surface area contributed by atoms with Gasteiger partial charge in [-0.1, -0.05) is 6.92 Å². The number of aromatic nitrogens is 2. The first-order valence-corrected chi connectivity index (χ1v) is 5.89. The lowest BCUT2D eigenvalue weighted by Crippen LogP contribution is -1.95. The molecule has 0 spiro atoms. The second kappa shape index (κ2) is 3.17. The summed E-state index contributed by atoms with van der Waals surface area (Å²) in [4.78, 5) is 3.07. The quantitative estimate of drug-likeness (QED) is 0.748. The number of aromatic amines is 1. The number of fused-ring (bicyclic) bond motifs is 1. The first kappa shape index (κ1) is 10.0. The summed E-state index contributed by atoms with van der Waals surface area (Å²) >= 11 is 5.29. The predicted octanol–water partition coefficient (Wildman–Crippen LogP) is 3.73. The monoisotopic (exact) mass is 236 g/mol. The van der Waals surface area contributed by atoms with Gasteiger partial charge in [-0.15, -0.1) is 0 Å². The lowest BCUT2D eigenvalue weighted by atomic mass is 10.2. The zero-order valence-electron chi connectivity index (χ0n) is 9.25. The van der Waals surface area contributed by atoms with Gasteiger partial charge in [0, 0.05) is 6.04 Å². The van der Waals surface area contributed by atoms with E-state index >= 15 is 0 Å². The second-order valence-electron chi connectivity index (χ2n) is 4.70. The van der Waals surface area contributed by atoms with Gasteiger partial charge in [0.05, 0.1) is 11.0 Å². The Morgan fingerprint density at radius 1 is 1.50 bits per heavy atom. The van der Waals surface area contributed by atoms with Crippen molar-refractivity contribution < 1.29 is 4.39 Å². The van der Waals surface area contributed by atoms with Crippen molar-refractivity contribution in [2.24, 2.45) is 5.92 Å². The molecule has 1 heterocycles. The van der Waals surface area contributed by atoms with Crippen molar-refractivity contribution in [3.63, 3.8) is 0 Å². The number of H-pyrrole nitrogens is 1. The second-order valence-corrected chi connectivity index (χ2v) is 5.09. The van der Waals surface area contributed by atoms with Crippen LogP contribution in [0.4, 0.5) is 4.39 Å². The van der Waals surface area contributed by atoms with Crippen LogP contribution < -0.4 is 0 Å². The Bertz CT molecular complexity index is 626. The summed E-state index contributed by atoms with van der Waals surface area (Å²) < 4.78 is 16.2. The Morgan fingerprint density at radius 2 is 2.19 bits per heavy atom. The van der Waals surface area contributed by atoms with Crippen LogP contribution in [0.5, 0.6) is 0 Å². The third-order valence-corrected chi connectivity index (χ3v) is 3.69. The van der Waals surface area contributed by atoms with Crippen LogP contribution in [0.3, 0.4) is 0 Å². The van der Waals surface area contributed by atoms with E-state index < -0.39 is 0 Å². The minimum absolute atomic E-state index is 0.181. The van der Waals surface area contributed by atoms with E-state index in [9.17, 15) is 4.39 Å². The van der Waals surface area contributed by atoms with Crippen LogP contribution in [0.1, 0.15) is 24.9 Å². The Morgan fingerprint density at radius 3 is 2.81 bits per heavy atom. The van der Waals surface area contributed by atoms with Gasteiger partial charge in [0.2, 0.25) is 0 Å². The largest absolute Gasteiger partial charge is 0.330 e. The zero-order chi connectivity index (χ0) is 11.4. The highest BCUT2D eigenvalue weighted by Crippen LogP contribution is 2.44. The topological polar surface area (TPSA) is 20.7 Å². The highest BCUT2D eigenvalue weighted by atomic mass is 32.1. The molecule has 1 N–H and O–H groups in total. The first-order chi connectivity index (χ1) is 7.58. The van der Waals surface area contributed by atoms with Crippen LogP contribution in [0, 0.1) is 23.4 Å². The maximum atomic E-state index is 13.4. The SMILES string of the molecule is Cc1cc2c(cc1F)[nH]c(=S)n2C1CC1C. The van der Waals surface area contributed by atoms with Crippen LogP contribution in [-0.2, 0) is 0 Å². The number of hydrogen-bond acceptors (Lipinski definition) is 1. The van der Waals surface area contributed by atoms with Crippen LogP contribution >= 0.6 is 12.2 Å². The van der Waals surface area contributed by atoms with Crippen molar-refractivity contribution in [3.05, 3.63) is 28.3 Å². The van der Waals surface area contributed by atoms with Crippen molar-refractivity contribution in [1.29, 1.82) is 0 Å². The molecule has 16 heavy (non-hydrogen) atoms. The molecule has 2 nitrogen and oxygen atoms in total. The van der Waals surface area contributed by atoms with Crippen molar-refractivity contribution >= 4 is 23.3 Å². The maximum absolute atomic E-state index is 13.4. The highest BCUT2D eigenvalue weighted by Gasteiger charge is 2.35. The smallest absolute Gasteiger partial charge is 0.178 e. The number of nitrogens with zero attached hydrogens (tertiary/aromatic N) is 1. The number of aryl methyl sites for hydroxylation is 1. The molecule has 1 aliphatic rings. The number of benzene rings is 1. The van der Waals surface area contributed by atoms with Crippen molar-refractivity contribution in [3.8, 4) is 0 Å². The zero-order valence-corrected chi connectivity index (χ0v) is 10.1. The summed E-state index contributed by atoms with van der Waals surface area (Å²) in [5, 5.41) is 0. The molecular formula is C12H13FN2S. The molecule has 0 aliphatic heterocycles. The molecule has 0 bridgehead atoms. The first-order valence-electron chi connectivity index (χ1n) is 5.48. The van der Waals surface area contributed by atoms with Crippen LogP contribution in [-0.4, -0.2) is 9.55 Å². The Hall–Kier alpha value is -1.16. The summed E-state index contributed by atoms with van der Waals surface area (Å²) in [5.74, 6) is 0.496. The Balaban J connectivity index is 2.31. The molecule has 2 aromatic rings. The standard InChI is InChI=1S/C12H13FN2S/c1-6-3-11-9(5-8(6)13)14-12(16)15(11)10-4-7(10)2/h3,5,7,10H,4H2,1-2H3,(H,14,16). The summed E-state index contributed by atoms with van der Waals surface area (Å²) in [6.07, 6.45) is 1.16. The van der Waals surface area contributed by atoms with Gasteiger partial charge < -0.3 is 9.55 Å². The van der Waals surface area contributed by atoms with Gasteiger partial charge in [-0.2, -0.15) is 0 Å². The molecule has 2 unspecified atom stereocenters. The van der Waals surface area contributed by atoms with E-state index in [1.807, 2.05) is 6.07 Å². The molecule has 1 saturated carbocycles. The molecule has 1 aromatic heterocycles. The summed E-state index contributed by atoms with van der Waals surface area (Å²) in [6.45, 7) is 3.99. The van der Waals surface area contributed by atoms with E-state index in [1.54, 1.807) is 6.92 Å². The molecule has 0 radical (unpaired) electrons. The minimum atomic E-state index is -0.181. The van der Waals surface area contributed by atoms with E-state index in [2.05, 4.69) is 16.5 Å². The molecule has 1 aromatic carbocycles. The van der Waals surface area contributed by atoms with Gasteiger partial charge in [-0.25, -0.2) is 4.39 Å². The predicted molar refractivity (Wildman–Crippen MR) is 64.6 cm³/mol. The highest BCUT2D eigenvalue weighted by molar-refractivity contribution is 7.71. The van der Waals surface area contributed by atoms with Crippen LogP contribution in [0.2, 0.25) is 0 Å². The normalized spacial score (nSPS) is 23.9. The molecule has 0 saturated heterocycles. The lowest BCUT2D eigenvalue weighted by Gasteiger charge is -2.03. The van der Waals surface area contributed by atoms with Gasteiger partial charge in [0.1, 0.15) is 5.82 Å². The van der Waals surface area contributed by atoms with Gasteiger partial charge >= 0.3 is 0 Å². The molecule has 2 atom stereocenters. The van der Waals surface area contributed by atoms with Gasteiger partial charge in [-0.3, -0.25) is 0 Å². The van der Waals surface area contributed by atoms with Gasteiger partial charge in [0.25, 0.3) is 0 Å². The fourth-order valence-electron chi connectivity index (χ4n) is 2.24. The fourth-order valence-corrected chi connectivity index (χ4v) is 2.59. The van der Waals surface area contributed by atoms with Crippen LogP contribution in [0.15, 0.2) is 12.1 Å². The van der Waals surface area contributed by atoms with E-state index in [-0.39, 0.29) is 5.82 Å². The van der Waals surface area contributed by atoms with E-state index in [0.717, 1.165) is 17.5 Å². The van der Waals surface area contributed by atoms with Crippen molar-refractivity contribution in [2.45, 2.75) is 26.3 Å². The number of halogens is 1. The lowest BCUT2D eigenvalue weighted by molar-refractivity contribution is 0.620. The van der Waals surface area contributed by atoms with Gasteiger partial charge in [0.15, 0.2) is 4.77 Å². The molecule has 84 valence electrons. The maximum Gasteiger partial charge on any atom is 0.178 e. The molecule has 1 aliphatic carbocycles. The van der Waals surface area contributed by atoms with E-state index in [1.165, 1.54) is 6.07 Å². The summed E-state index contributed by atoms with van der Waals surface area (Å²) in [5.41, 5.74) is 2.49. The fraction of sp³-hybridized carbons (Fsp3) is 0.417. The van der Waals surface area contributed by atoms with Gasteiger partial charge in [-0.05, 0) is 49.2 Å². The molecule has 4 heteroatoms. The number of nitrogens with one attached hydrogen (secondary N) is 1. The molecular weight excluding hydrogens is 223 g/mol. The minimum Gasteiger partial charge on any atom is -0.330 e. The summed E-state index contributed by atoms with van der Waals surface area (Å²) in [7, 11) is 0. The Labute approximate surface area is 98.1 Å². The van der Waals surface area contributed by atoms with Crippen molar-refractivity contribution in [2.75, 3.05) is 0 Å². The number of hydrogen-bond donors (Lipinski definition) is 1. The molecule has 3 rings (SSSR count). The third kappa shape index (κ3) is 1.33. The Kier molecular flexibility index (Phi) is 1.98.